The van der Waals surface area contributed by atoms with E-state index in [0.29, 0.717) is 11.2 Å². The number of carbonyl (C=O) groups is 1. The topological polar surface area (TPSA) is 65.5 Å². The van der Waals surface area contributed by atoms with Gasteiger partial charge >= 0.3 is 5.97 Å². The zero-order valence-electron chi connectivity index (χ0n) is 9.85. The number of hydrogen-bond donors (Lipinski definition) is 2. The lowest BCUT2D eigenvalue weighted by Crippen LogP contribution is -2.32. The number of aromatic nitrogens is 1. The van der Waals surface area contributed by atoms with Crippen molar-refractivity contribution in [3.63, 3.8) is 0 Å². The predicted octanol–water partition coefficient (Wildman–Crippen LogP) is 1.74. The Bertz CT molecular complexity index is 388. The Kier molecular flexibility index (Phi) is 3.96. The van der Waals surface area contributed by atoms with Crippen molar-refractivity contribution in [3.8, 4) is 0 Å². The highest BCUT2D eigenvalue weighted by molar-refractivity contribution is 7.17. The molecule has 94 valence electrons. The Labute approximate surface area is 104 Å². The average Bonchev–Trinajstić information content (AvgIpc) is 2.88. The molecule has 1 atom stereocenters. The van der Waals surface area contributed by atoms with E-state index in [1.807, 2.05) is 0 Å². The largest absolute Gasteiger partial charge is 0.477 e. The second-order valence-corrected chi connectivity index (χ2v) is 5.42. The van der Waals surface area contributed by atoms with Crippen LogP contribution in [0.2, 0.25) is 0 Å². The predicted molar refractivity (Wildman–Crippen MR) is 67.8 cm³/mol. The Hall–Kier alpha value is -1.14. The summed E-state index contributed by atoms with van der Waals surface area (Å²) in [5, 5.41) is 12.7. The lowest BCUT2D eigenvalue weighted by atomic mass is 10.3. The first-order valence-electron chi connectivity index (χ1n) is 5.83. The van der Waals surface area contributed by atoms with Gasteiger partial charge in [0.1, 0.15) is 4.88 Å². The fourth-order valence-corrected chi connectivity index (χ4v) is 2.82. The van der Waals surface area contributed by atoms with Crippen molar-refractivity contribution >= 4 is 22.4 Å². The smallest absolute Gasteiger partial charge is 0.347 e. The number of aromatic carboxylic acids is 1. The summed E-state index contributed by atoms with van der Waals surface area (Å²) in [5.41, 5.74) is 0. The molecular formula is C11H17N3O2S. The fourth-order valence-electron chi connectivity index (χ4n) is 2.05. The van der Waals surface area contributed by atoms with Gasteiger partial charge in [-0.15, -0.1) is 0 Å². The minimum atomic E-state index is -0.914. The van der Waals surface area contributed by atoms with Gasteiger partial charge in [-0.1, -0.05) is 11.3 Å². The van der Waals surface area contributed by atoms with Gasteiger partial charge in [0.2, 0.25) is 0 Å². The van der Waals surface area contributed by atoms with E-state index >= 15 is 0 Å². The number of hydrogen-bond acceptors (Lipinski definition) is 5. The summed E-state index contributed by atoms with van der Waals surface area (Å²) in [6.07, 6.45) is 3.97. The molecule has 1 aromatic rings. The van der Waals surface area contributed by atoms with Gasteiger partial charge in [0.15, 0.2) is 5.13 Å². The zero-order valence-corrected chi connectivity index (χ0v) is 10.7. The number of anilines is 1. The monoisotopic (exact) mass is 255 g/mol. The number of carboxylic acid groups (broad SMARTS) is 1. The molecule has 1 aromatic heterocycles. The van der Waals surface area contributed by atoms with E-state index in [-0.39, 0.29) is 4.88 Å². The van der Waals surface area contributed by atoms with E-state index in [2.05, 4.69) is 22.1 Å². The molecular weight excluding hydrogens is 238 g/mol. The van der Waals surface area contributed by atoms with Crippen molar-refractivity contribution in [1.29, 1.82) is 0 Å². The molecule has 0 bridgehead atoms. The van der Waals surface area contributed by atoms with Gasteiger partial charge in [-0.25, -0.2) is 9.78 Å². The third-order valence-corrected chi connectivity index (χ3v) is 3.73. The maximum atomic E-state index is 10.7. The Morgan fingerprint density at radius 3 is 2.94 bits per heavy atom. The molecule has 6 heteroatoms. The summed E-state index contributed by atoms with van der Waals surface area (Å²) in [6.45, 7) is 5.43. The summed E-state index contributed by atoms with van der Waals surface area (Å²) in [6, 6.07) is 0.292. The lowest BCUT2D eigenvalue weighted by Gasteiger charge is -2.20. The van der Waals surface area contributed by atoms with Gasteiger partial charge in [0.05, 0.1) is 6.20 Å². The highest BCUT2D eigenvalue weighted by Gasteiger charge is 2.16. The number of likely N-dealkylation sites (tertiary alicyclic amines) is 1. The van der Waals surface area contributed by atoms with Crippen LogP contribution in [0.1, 0.15) is 29.4 Å². The van der Waals surface area contributed by atoms with Crippen LogP contribution in [0, 0.1) is 0 Å². The minimum absolute atomic E-state index is 0.279. The summed E-state index contributed by atoms with van der Waals surface area (Å²) in [4.78, 5) is 17.5. The van der Waals surface area contributed by atoms with Crippen LogP contribution in [0.25, 0.3) is 0 Å². The van der Waals surface area contributed by atoms with Crippen LogP contribution in [0.5, 0.6) is 0 Å². The van der Waals surface area contributed by atoms with E-state index in [0.717, 1.165) is 6.54 Å². The van der Waals surface area contributed by atoms with Crippen molar-refractivity contribution in [2.75, 3.05) is 25.0 Å². The zero-order chi connectivity index (χ0) is 12.3. The molecule has 0 aromatic carbocycles. The fraction of sp³-hybridized carbons (Fsp3) is 0.636. The molecule has 1 aliphatic rings. The average molecular weight is 255 g/mol. The molecule has 2 N–H and O–H groups in total. The molecule has 1 unspecified atom stereocenters. The highest BCUT2D eigenvalue weighted by Crippen LogP contribution is 2.19. The molecule has 2 heterocycles. The third kappa shape index (κ3) is 3.41. The Balaban J connectivity index is 1.84. The molecule has 5 nitrogen and oxygen atoms in total. The number of nitrogens with one attached hydrogen (secondary N) is 1. The van der Waals surface area contributed by atoms with E-state index in [1.165, 1.54) is 43.5 Å². The maximum Gasteiger partial charge on any atom is 0.347 e. The summed E-state index contributed by atoms with van der Waals surface area (Å²) >= 11 is 1.19. The maximum absolute atomic E-state index is 10.7. The normalized spacial score (nSPS) is 18.2. The molecule has 1 aliphatic heterocycles. The number of nitrogens with zero attached hydrogens (tertiary/aromatic N) is 2. The minimum Gasteiger partial charge on any atom is -0.477 e. The lowest BCUT2D eigenvalue weighted by molar-refractivity contribution is 0.0702. The van der Waals surface area contributed by atoms with E-state index in [1.54, 1.807) is 0 Å². The summed E-state index contributed by atoms with van der Waals surface area (Å²) in [7, 11) is 0. The molecule has 17 heavy (non-hydrogen) atoms. The molecule has 0 radical (unpaired) electrons. The number of thiazole rings is 1. The molecule has 1 saturated heterocycles. The van der Waals surface area contributed by atoms with Gasteiger partial charge in [-0.3, -0.25) is 0 Å². The van der Waals surface area contributed by atoms with Crippen LogP contribution in [0.3, 0.4) is 0 Å². The first kappa shape index (κ1) is 12.3. The Morgan fingerprint density at radius 1 is 1.65 bits per heavy atom. The molecule has 0 amide bonds. The molecule has 1 fully saturated rings. The van der Waals surface area contributed by atoms with Crippen LogP contribution in [0.4, 0.5) is 5.13 Å². The SMILES string of the molecule is CC(CN1CCCC1)Nc1ncc(C(=O)O)s1. The molecule has 2 rings (SSSR count). The van der Waals surface area contributed by atoms with Crippen LogP contribution in [0.15, 0.2) is 6.20 Å². The van der Waals surface area contributed by atoms with Gasteiger partial charge < -0.3 is 15.3 Å². The Morgan fingerprint density at radius 2 is 2.35 bits per heavy atom. The van der Waals surface area contributed by atoms with E-state index < -0.39 is 5.97 Å². The van der Waals surface area contributed by atoms with E-state index in [9.17, 15) is 4.79 Å². The van der Waals surface area contributed by atoms with Crippen LogP contribution in [-0.2, 0) is 0 Å². The summed E-state index contributed by atoms with van der Waals surface area (Å²) in [5.74, 6) is -0.914. The number of carboxylic acids is 1. The number of rotatable bonds is 5. The van der Waals surface area contributed by atoms with Gasteiger partial charge in [-0.05, 0) is 32.9 Å². The standard InChI is InChI=1S/C11H17N3O2S/c1-8(7-14-4-2-3-5-14)13-11-12-6-9(17-11)10(15)16/h6,8H,2-5,7H2,1H3,(H,12,13)(H,15,16). The molecule has 0 spiro atoms. The third-order valence-electron chi connectivity index (χ3n) is 2.82. The van der Waals surface area contributed by atoms with Gasteiger partial charge in [0.25, 0.3) is 0 Å². The van der Waals surface area contributed by atoms with E-state index in [4.69, 9.17) is 5.11 Å². The van der Waals surface area contributed by atoms with Crippen LogP contribution >= 0.6 is 11.3 Å². The summed E-state index contributed by atoms with van der Waals surface area (Å²) < 4.78 is 0. The second-order valence-electron chi connectivity index (χ2n) is 4.39. The van der Waals surface area contributed by atoms with Crippen molar-refractivity contribution < 1.29 is 9.90 Å². The van der Waals surface area contributed by atoms with Gasteiger partial charge in [0, 0.05) is 12.6 Å². The first-order chi connectivity index (χ1) is 8.15. The highest BCUT2D eigenvalue weighted by atomic mass is 32.1. The quantitative estimate of drug-likeness (QED) is 0.839. The van der Waals surface area contributed by atoms with Crippen molar-refractivity contribution in [1.82, 2.24) is 9.88 Å². The van der Waals surface area contributed by atoms with Gasteiger partial charge in [-0.2, -0.15) is 0 Å². The van der Waals surface area contributed by atoms with Crippen molar-refractivity contribution in [2.45, 2.75) is 25.8 Å². The van der Waals surface area contributed by atoms with Crippen molar-refractivity contribution in [2.24, 2.45) is 0 Å². The van der Waals surface area contributed by atoms with Crippen LogP contribution < -0.4 is 5.32 Å². The second kappa shape index (κ2) is 5.46. The molecule has 0 saturated carbocycles. The molecule has 0 aliphatic carbocycles. The first-order valence-corrected chi connectivity index (χ1v) is 6.65. The van der Waals surface area contributed by atoms with Crippen LogP contribution in [-0.4, -0.2) is 46.6 Å². The van der Waals surface area contributed by atoms with Crippen molar-refractivity contribution in [3.05, 3.63) is 11.1 Å².